The van der Waals surface area contributed by atoms with Crippen LogP contribution >= 0.6 is 0 Å². The van der Waals surface area contributed by atoms with Crippen LogP contribution in [-0.4, -0.2) is 37.8 Å². The van der Waals surface area contributed by atoms with Crippen LogP contribution in [0, 0.1) is 6.92 Å². The normalized spacial score (nSPS) is 11.8. The van der Waals surface area contributed by atoms with Gasteiger partial charge in [0.15, 0.2) is 0 Å². The largest absolute Gasteiger partial charge is 0.310 e. The first-order valence-corrected chi connectivity index (χ1v) is 9.21. The Morgan fingerprint density at radius 1 is 1.13 bits per heavy atom. The summed E-state index contributed by atoms with van der Waals surface area (Å²) in [6.45, 7) is 7.36. The fourth-order valence-corrected chi connectivity index (χ4v) is 2.76. The highest BCUT2D eigenvalue weighted by atomic mass is 16.1. The van der Waals surface area contributed by atoms with Crippen LogP contribution in [0.25, 0.3) is 16.8 Å². The molecule has 8 nitrogen and oxygen atoms in total. The average molecular weight is 399 g/mol. The molecule has 1 N–H and O–H groups in total. The number of aryl methyl sites for hydroxylation is 1. The molecule has 0 bridgehead atoms. The first kappa shape index (κ1) is 20.7. The van der Waals surface area contributed by atoms with E-state index in [0.29, 0.717) is 5.82 Å². The van der Waals surface area contributed by atoms with Gasteiger partial charge in [-0.05, 0) is 49.4 Å². The molecule has 0 radical (unpaired) electrons. The minimum Gasteiger partial charge on any atom is -0.310 e. The number of rotatable bonds is 7. The second-order valence-electron chi connectivity index (χ2n) is 6.52. The van der Waals surface area contributed by atoms with Crippen molar-refractivity contribution in [2.45, 2.75) is 20.3 Å². The third-order valence-electron chi connectivity index (χ3n) is 4.25. The predicted octanol–water partition coefficient (Wildman–Crippen LogP) is 2.94. The third kappa shape index (κ3) is 5.48. The number of allylic oxidation sites excluding steroid dienone is 3. The lowest BCUT2D eigenvalue weighted by Gasteiger charge is -2.08. The summed E-state index contributed by atoms with van der Waals surface area (Å²) in [5.74, 6) is 0.145. The highest BCUT2D eigenvalue weighted by molar-refractivity contribution is 5.80. The van der Waals surface area contributed by atoms with E-state index in [2.05, 4.69) is 42.2 Å². The molecule has 0 atom stereocenters. The van der Waals surface area contributed by atoms with Crippen molar-refractivity contribution in [3.8, 4) is 11.3 Å². The number of hydrogen-bond acceptors (Lipinski definition) is 7. The van der Waals surface area contributed by atoms with E-state index < -0.39 is 0 Å². The maximum absolute atomic E-state index is 12.4. The molecule has 0 aliphatic carbocycles. The van der Waals surface area contributed by atoms with Gasteiger partial charge in [0.25, 0.3) is 0 Å². The highest BCUT2D eigenvalue weighted by Gasteiger charge is 2.09. The van der Waals surface area contributed by atoms with Crippen LogP contribution in [0.15, 0.2) is 72.3 Å². The lowest BCUT2D eigenvalue weighted by atomic mass is 10.1. The highest BCUT2D eigenvalue weighted by Crippen LogP contribution is 2.20. The van der Waals surface area contributed by atoms with E-state index in [4.69, 9.17) is 0 Å². The van der Waals surface area contributed by atoms with Gasteiger partial charge in [-0.2, -0.15) is 10.2 Å². The van der Waals surface area contributed by atoms with Crippen molar-refractivity contribution in [1.29, 1.82) is 0 Å². The second kappa shape index (κ2) is 9.92. The lowest BCUT2D eigenvalue weighted by molar-refractivity contribution is -0.119. The van der Waals surface area contributed by atoms with Gasteiger partial charge in [-0.3, -0.25) is 19.7 Å². The van der Waals surface area contributed by atoms with Crippen molar-refractivity contribution in [2.24, 2.45) is 4.99 Å². The molecular weight excluding hydrogens is 378 g/mol. The minimum absolute atomic E-state index is 0.169. The SMILES string of the molecule is C=N/C(=C\C=C(/C)c1cnccn1)NC(=O)Cc1cnc(-c2ccnnc2)c(C)c1. The molecule has 30 heavy (non-hydrogen) atoms. The Hall–Kier alpha value is -4.07. The van der Waals surface area contributed by atoms with Gasteiger partial charge in [-0.15, -0.1) is 0 Å². The van der Waals surface area contributed by atoms with Crippen LogP contribution in [0.2, 0.25) is 0 Å². The molecule has 0 saturated carbocycles. The van der Waals surface area contributed by atoms with E-state index in [0.717, 1.165) is 33.7 Å². The maximum Gasteiger partial charge on any atom is 0.230 e. The van der Waals surface area contributed by atoms with Crippen LogP contribution < -0.4 is 5.32 Å². The molecule has 0 aliphatic heterocycles. The number of hydrogen-bond donors (Lipinski definition) is 1. The van der Waals surface area contributed by atoms with E-state index in [9.17, 15) is 4.79 Å². The Balaban J connectivity index is 1.67. The molecule has 8 heteroatoms. The molecule has 3 aromatic heterocycles. The van der Waals surface area contributed by atoms with Crippen molar-refractivity contribution < 1.29 is 4.79 Å². The quantitative estimate of drug-likeness (QED) is 0.484. The predicted molar refractivity (Wildman–Crippen MR) is 115 cm³/mol. The van der Waals surface area contributed by atoms with Gasteiger partial charge in [0.05, 0.1) is 36.4 Å². The average Bonchev–Trinajstić information content (AvgIpc) is 2.77. The van der Waals surface area contributed by atoms with Gasteiger partial charge >= 0.3 is 0 Å². The fourth-order valence-electron chi connectivity index (χ4n) is 2.76. The number of carbonyl (C=O) groups is 1. The first-order valence-electron chi connectivity index (χ1n) is 9.21. The number of carbonyl (C=O) groups excluding carboxylic acids is 1. The molecular formula is C22H21N7O. The summed E-state index contributed by atoms with van der Waals surface area (Å²) in [7, 11) is 0. The third-order valence-corrected chi connectivity index (χ3v) is 4.25. The Labute approximate surface area is 174 Å². The van der Waals surface area contributed by atoms with Gasteiger partial charge < -0.3 is 5.32 Å². The van der Waals surface area contributed by atoms with E-state index in [1.54, 1.807) is 49.3 Å². The number of aromatic nitrogens is 5. The van der Waals surface area contributed by atoms with Gasteiger partial charge in [-0.1, -0.05) is 12.1 Å². The number of amides is 1. The van der Waals surface area contributed by atoms with Crippen molar-refractivity contribution in [3.63, 3.8) is 0 Å². The fraction of sp³-hybridized carbons (Fsp3) is 0.136. The number of aliphatic imine (C=N–C) groups is 1. The minimum atomic E-state index is -0.210. The summed E-state index contributed by atoms with van der Waals surface area (Å²) in [4.78, 5) is 29.1. The molecule has 0 spiro atoms. The molecule has 0 saturated heterocycles. The Morgan fingerprint density at radius 3 is 2.67 bits per heavy atom. The van der Waals surface area contributed by atoms with Gasteiger partial charge in [0, 0.05) is 24.2 Å². The van der Waals surface area contributed by atoms with E-state index in [-0.39, 0.29) is 12.3 Å². The summed E-state index contributed by atoms with van der Waals surface area (Å²) in [5.41, 5.74) is 5.07. The first-order chi connectivity index (χ1) is 14.6. The standard InChI is InChI=1S/C22H21N7O/c1-15(19-14-24-8-9-25-19)4-5-20(23-3)29-21(30)11-17-10-16(2)22(26-12-17)18-6-7-27-28-13-18/h4-10,12-14H,3,11H2,1-2H3,(H,29,30)/b15-4+,20-5+. The summed E-state index contributed by atoms with van der Waals surface area (Å²) in [6, 6.07) is 3.78. The molecule has 3 aromatic rings. The zero-order valence-electron chi connectivity index (χ0n) is 16.8. The Bertz CT molecular complexity index is 1090. The second-order valence-corrected chi connectivity index (χ2v) is 6.52. The molecule has 0 aromatic carbocycles. The van der Waals surface area contributed by atoms with Crippen LogP contribution in [0.4, 0.5) is 0 Å². The van der Waals surface area contributed by atoms with Gasteiger partial charge in [-0.25, -0.2) is 4.99 Å². The molecule has 0 unspecified atom stereocenters. The van der Waals surface area contributed by atoms with Crippen molar-refractivity contribution in [2.75, 3.05) is 0 Å². The summed E-state index contributed by atoms with van der Waals surface area (Å²) in [6.07, 6.45) is 13.5. The van der Waals surface area contributed by atoms with Gasteiger partial charge in [0.1, 0.15) is 5.82 Å². The van der Waals surface area contributed by atoms with E-state index >= 15 is 0 Å². The van der Waals surface area contributed by atoms with Gasteiger partial charge in [0.2, 0.25) is 5.91 Å². The Kier molecular flexibility index (Phi) is 6.83. The van der Waals surface area contributed by atoms with Crippen molar-refractivity contribution in [3.05, 3.63) is 84.1 Å². The van der Waals surface area contributed by atoms with Crippen LogP contribution in [0.5, 0.6) is 0 Å². The topological polar surface area (TPSA) is 106 Å². The van der Waals surface area contributed by atoms with Crippen molar-refractivity contribution >= 4 is 18.2 Å². The molecule has 150 valence electrons. The maximum atomic E-state index is 12.4. The van der Waals surface area contributed by atoms with E-state index in [1.807, 2.05) is 26.0 Å². The number of nitrogens with one attached hydrogen (secondary N) is 1. The molecule has 1 amide bonds. The Morgan fingerprint density at radius 2 is 2.00 bits per heavy atom. The van der Waals surface area contributed by atoms with Crippen LogP contribution in [0.3, 0.4) is 0 Å². The number of pyridine rings is 1. The zero-order valence-corrected chi connectivity index (χ0v) is 16.8. The lowest BCUT2D eigenvalue weighted by Crippen LogP contribution is -2.23. The molecule has 0 aliphatic rings. The molecule has 3 heterocycles. The monoisotopic (exact) mass is 399 g/mol. The van der Waals surface area contributed by atoms with Crippen molar-refractivity contribution in [1.82, 2.24) is 30.5 Å². The molecule has 3 rings (SSSR count). The molecule has 0 fully saturated rings. The summed E-state index contributed by atoms with van der Waals surface area (Å²) in [5, 5.41) is 10.4. The zero-order chi connectivity index (χ0) is 21.3. The van der Waals surface area contributed by atoms with Crippen LogP contribution in [0.1, 0.15) is 23.7 Å². The smallest absolute Gasteiger partial charge is 0.230 e. The summed E-state index contributed by atoms with van der Waals surface area (Å²) < 4.78 is 0. The number of nitrogens with zero attached hydrogens (tertiary/aromatic N) is 6. The van der Waals surface area contributed by atoms with Crippen LogP contribution in [-0.2, 0) is 11.2 Å². The van der Waals surface area contributed by atoms with E-state index in [1.165, 1.54) is 0 Å². The summed E-state index contributed by atoms with van der Waals surface area (Å²) >= 11 is 0.